The van der Waals surface area contributed by atoms with E-state index in [1.165, 1.54) is 11.0 Å². The van der Waals surface area contributed by atoms with Crippen LogP contribution in [-0.4, -0.2) is 49.6 Å². The third kappa shape index (κ3) is 4.99. The molecule has 6 N–H and O–H groups in total. The van der Waals surface area contributed by atoms with E-state index in [1.807, 2.05) is 0 Å². The third-order valence-corrected chi connectivity index (χ3v) is 3.95. The standard InChI is InChI=1S/C17H26FN5O2/c1-17(2)6-4-11(15(17)18)14(21)12(10-20)16(25)22-8-5-13(24)23(3)9-7-19/h4,6,10,20H,5,7-9,19,21H2,1-3H3,(H,22,25)/b14-12+,20-10?. The van der Waals surface area contributed by atoms with Gasteiger partial charge >= 0.3 is 0 Å². The molecule has 25 heavy (non-hydrogen) atoms. The van der Waals surface area contributed by atoms with Crippen molar-refractivity contribution >= 4 is 18.0 Å². The van der Waals surface area contributed by atoms with Crippen molar-refractivity contribution < 1.29 is 14.0 Å². The average Bonchev–Trinajstić information content (AvgIpc) is 2.82. The van der Waals surface area contributed by atoms with Gasteiger partial charge in [0.05, 0.1) is 11.3 Å². The van der Waals surface area contributed by atoms with Crippen LogP contribution in [0.15, 0.2) is 34.8 Å². The molecule has 1 rings (SSSR count). The lowest BCUT2D eigenvalue weighted by atomic mass is 9.94. The molecule has 1 aliphatic carbocycles. The number of likely N-dealkylation sites (N-methyl/N-ethyl adjacent to an activating group) is 1. The van der Waals surface area contributed by atoms with Crippen molar-refractivity contribution in [3.8, 4) is 0 Å². The summed E-state index contributed by atoms with van der Waals surface area (Å²) in [5, 5.41) is 9.94. The van der Waals surface area contributed by atoms with E-state index in [4.69, 9.17) is 16.9 Å². The van der Waals surface area contributed by atoms with Crippen molar-refractivity contribution in [3.63, 3.8) is 0 Å². The van der Waals surface area contributed by atoms with E-state index < -0.39 is 17.1 Å². The minimum atomic E-state index is -0.788. The van der Waals surface area contributed by atoms with Crippen LogP contribution in [0.1, 0.15) is 20.3 Å². The molecule has 2 amide bonds. The Labute approximate surface area is 147 Å². The zero-order valence-corrected chi connectivity index (χ0v) is 14.9. The van der Waals surface area contributed by atoms with E-state index in [0.29, 0.717) is 13.1 Å². The largest absolute Gasteiger partial charge is 0.397 e. The first-order valence-electron chi connectivity index (χ1n) is 7.98. The molecule has 0 radical (unpaired) electrons. The topological polar surface area (TPSA) is 125 Å². The van der Waals surface area contributed by atoms with E-state index in [1.54, 1.807) is 27.0 Å². The minimum absolute atomic E-state index is 0.0834. The molecule has 0 atom stereocenters. The highest BCUT2D eigenvalue weighted by atomic mass is 19.1. The second-order valence-electron chi connectivity index (χ2n) is 6.36. The van der Waals surface area contributed by atoms with Gasteiger partial charge < -0.3 is 27.1 Å². The van der Waals surface area contributed by atoms with Crippen LogP contribution in [0.5, 0.6) is 0 Å². The first-order chi connectivity index (χ1) is 11.7. The molecule has 7 nitrogen and oxygen atoms in total. The van der Waals surface area contributed by atoms with Crippen molar-refractivity contribution in [1.29, 1.82) is 5.41 Å². The molecule has 0 aromatic heterocycles. The van der Waals surface area contributed by atoms with Crippen molar-refractivity contribution in [2.75, 3.05) is 26.7 Å². The maximum atomic E-state index is 14.3. The molecule has 0 fully saturated rings. The van der Waals surface area contributed by atoms with Gasteiger partial charge in [0.2, 0.25) is 5.91 Å². The van der Waals surface area contributed by atoms with Gasteiger partial charge in [0.1, 0.15) is 5.83 Å². The third-order valence-electron chi connectivity index (χ3n) is 3.95. The van der Waals surface area contributed by atoms with Crippen LogP contribution >= 0.6 is 0 Å². The molecular weight excluding hydrogens is 325 g/mol. The van der Waals surface area contributed by atoms with Gasteiger partial charge in [0.25, 0.3) is 5.91 Å². The average molecular weight is 351 g/mol. The second kappa shape index (κ2) is 8.57. The molecule has 1 aliphatic rings. The molecule has 0 aliphatic heterocycles. The van der Waals surface area contributed by atoms with E-state index in [0.717, 1.165) is 6.21 Å². The number of nitrogens with two attached hydrogens (primary N) is 2. The fraction of sp³-hybridized carbons (Fsp3) is 0.471. The van der Waals surface area contributed by atoms with Crippen molar-refractivity contribution in [2.45, 2.75) is 20.3 Å². The predicted molar refractivity (Wildman–Crippen MR) is 95.4 cm³/mol. The highest BCUT2D eigenvalue weighted by Crippen LogP contribution is 2.39. The van der Waals surface area contributed by atoms with Crippen molar-refractivity contribution in [2.24, 2.45) is 16.9 Å². The minimum Gasteiger partial charge on any atom is -0.397 e. The number of amides is 2. The van der Waals surface area contributed by atoms with Crippen molar-refractivity contribution in [1.82, 2.24) is 10.2 Å². The van der Waals surface area contributed by atoms with Gasteiger partial charge in [-0.15, -0.1) is 0 Å². The number of carbonyl (C=O) groups is 2. The fourth-order valence-corrected chi connectivity index (χ4v) is 2.29. The maximum Gasteiger partial charge on any atom is 0.254 e. The highest BCUT2D eigenvalue weighted by molar-refractivity contribution is 6.12. The number of hydrogen-bond acceptors (Lipinski definition) is 5. The molecular formula is C17H26FN5O2. The number of halogens is 1. The summed E-state index contributed by atoms with van der Waals surface area (Å²) in [5.74, 6) is -1.23. The molecule has 0 bridgehead atoms. The Balaban J connectivity index is 2.79. The quantitative estimate of drug-likeness (QED) is 0.377. The lowest BCUT2D eigenvalue weighted by Crippen LogP contribution is -2.35. The van der Waals surface area contributed by atoms with E-state index >= 15 is 0 Å². The number of rotatable bonds is 8. The molecule has 0 saturated heterocycles. The summed E-state index contributed by atoms with van der Waals surface area (Å²) in [6.45, 7) is 4.25. The fourth-order valence-electron chi connectivity index (χ4n) is 2.29. The molecule has 8 heteroatoms. The molecule has 0 heterocycles. The summed E-state index contributed by atoms with van der Waals surface area (Å²) < 4.78 is 14.3. The van der Waals surface area contributed by atoms with E-state index in [2.05, 4.69) is 5.32 Å². The Hall–Kier alpha value is -2.48. The summed E-state index contributed by atoms with van der Waals surface area (Å²) >= 11 is 0. The number of nitrogens with one attached hydrogen (secondary N) is 2. The van der Waals surface area contributed by atoms with E-state index in [9.17, 15) is 14.0 Å². The summed E-state index contributed by atoms with van der Waals surface area (Å²) in [6, 6.07) is 0. The highest BCUT2D eigenvalue weighted by Gasteiger charge is 2.30. The first kappa shape index (κ1) is 20.6. The summed E-state index contributed by atoms with van der Waals surface area (Å²) in [7, 11) is 1.63. The van der Waals surface area contributed by atoms with Crippen LogP contribution in [0, 0.1) is 10.8 Å². The zero-order valence-electron chi connectivity index (χ0n) is 14.9. The van der Waals surface area contributed by atoms with Gasteiger partial charge in [-0.3, -0.25) is 9.59 Å². The van der Waals surface area contributed by atoms with Gasteiger partial charge in [-0.1, -0.05) is 12.2 Å². The number of hydrogen-bond donors (Lipinski definition) is 4. The van der Waals surface area contributed by atoms with Crippen LogP contribution in [0.2, 0.25) is 0 Å². The van der Waals surface area contributed by atoms with Gasteiger partial charge in [0.15, 0.2) is 0 Å². The maximum absolute atomic E-state index is 14.3. The SMILES string of the molecule is CN(CCN)C(=O)CCNC(=O)/C(C=N)=C(/N)C1=C(F)C(C)(C)C=C1. The first-order valence-corrected chi connectivity index (χ1v) is 7.98. The monoisotopic (exact) mass is 351 g/mol. The summed E-state index contributed by atoms with van der Waals surface area (Å²) in [6.07, 6.45) is 4.03. The van der Waals surface area contributed by atoms with Gasteiger partial charge in [0, 0.05) is 50.3 Å². The van der Waals surface area contributed by atoms with Crippen LogP contribution in [0.3, 0.4) is 0 Å². The Morgan fingerprint density at radius 1 is 1.44 bits per heavy atom. The van der Waals surface area contributed by atoms with Gasteiger partial charge in [-0.05, 0) is 13.8 Å². The molecule has 0 saturated carbocycles. The molecule has 0 unspecified atom stereocenters. The second-order valence-corrected chi connectivity index (χ2v) is 6.36. The van der Waals surface area contributed by atoms with Crippen LogP contribution < -0.4 is 16.8 Å². The van der Waals surface area contributed by atoms with Gasteiger partial charge in [-0.2, -0.15) is 0 Å². The lowest BCUT2D eigenvalue weighted by molar-refractivity contribution is -0.129. The molecule has 138 valence electrons. The predicted octanol–water partition coefficient (Wildman–Crippen LogP) is 0.592. The smallest absolute Gasteiger partial charge is 0.254 e. The Morgan fingerprint density at radius 2 is 2.08 bits per heavy atom. The normalized spacial score (nSPS) is 16.5. The number of carbonyl (C=O) groups excluding carboxylic acids is 2. The van der Waals surface area contributed by atoms with Crippen LogP contribution in [0.25, 0.3) is 0 Å². The molecule has 0 spiro atoms. The summed E-state index contributed by atoms with van der Waals surface area (Å²) in [5.41, 5.74) is 10.3. The molecule has 0 aromatic rings. The van der Waals surface area contributed by atoms with Gasteiger partial charge in [-0.25, -0.2) is 4.39 Å². The Bertz CT molecular complexity index is 649. The number of allylic oxidation sites excluding steroid dienone is 3. The van der Waals surface area contributed by atoms with Crippen LogP contribution in [-0.2, 0) is 9.59 Å². The molecule has 0 aromatic carbocycles. The number of nitrogens with zero attached hydrogens (tertiary/aromatic N) is 1. The van der Waals surface area contributed by atoms with Crippen LogP contribution in [0.4, 0.5) is 4.39 Å². The summed E-state index contributed by atoms with van der Waals surface area (Å²) in [4.78, 5) is 25.5. The Morgan fingerprint density at radius 3 is 2.56 bits per heavy atom. The zero-order chi connectivity index (χ0) is 19.2. The lowest BCUT2D eigenvalue weighted by Gasteiger charge is -2.16. The Kier molecular flexibility index (Phi) is 7.05. The van der Waals surface area contributed by atoms with E-state index in [-0.39, 0.29) is 35.7 Å². The van der Waals surface area contributed by atoms with Crippen molar-refractivity contribution in [3.05, 3.63) is 34.8 Å².